The molecule has 2 heterocycles. The van der Waals surface area contributed by atoms with Gasteiger partial charge in [-0.1, -0.05) is 60.7 Å². The second-order valence-electron chi connectivity index (χ2n) is 12.0. The highest BCUT2D eigenvalue weighted by molar-refractivity contribution is 9.10. The number of halogens is 2. The molecule has 2 aliphatic rings. The number of hydrogen-bond donors (Lipinski definition) is 2. The first-order valence-corrected chi connectivity index (χ1v) is 16.4. The van der Waals surface area contributed by atoms with Gasteiger partial charge in [0.1, 0.15) is 11.6 Å². The Morgan fingerprint density at radius 3 is 2.52 bits per heavy atom. The standard InChI is InChI=1S/C36H39BrFN3O5/c1-40(20-17-25-6-3-2-4-7-25)35(45)29-16-19-36(24-41(23-31(29)39-36)33(42)8-5-9-34(43)44)27-12-10-26(11-13-27)18-21-46-32-22-28(38)14-15-30(32)37/h2-4,6-7,10-16,22,31,39H,5,8-9,17-21,23-24H2,1H3,(H,43,44). The Kier molecular flexibility index (Phi) is 10.9. The Bertz CT molecular complexity index is 1580. The average Bonchev–Trinajstić information content (AvgIpc) is 3.05. The number of carboxylic acids is 1. The lowest BCUT2D eigenvalue weighted by molar-refractivity contribution is -0.138. The molecular formula is C36H39BrFN3O5. The first-order chi connectivity index (χ1) is 22.1. The molecular weight excluding hydrogens is 653 g/mol. The molecule has 2 amide bonds. The first kappa shape index (κ1) is 33.3. The van der Waals surface area contributed by atoms with Crippen LogP contribution >= 0.6 is 15.9 Å². The molecule has 10 heteroatoms. The lowest BCUT2D eigenvalue weighted by Crippen LogP contribution is -2.66. The van der Waals surface area contributed by atoms with E-state index in [1.165, 1.54) is 12.1 Å². The van der Waals surface area contributed by atoms with E-state index < -0.39 is 11.5 Å². The summed E-state index contributed by atoms with van der Waals surface area (Å²) in [6.07, 6.45) is 4.24. The smallest absolute Gasteiger partial charge is 0.303 e. The SMILES string of the molecule is CN(CCc1ccccc1)C(=O)C1=CCC2(c3ccc(CCOc4cc(F)ccc4Br)cc3)CN(C(=O)CCCC(=O)O)CC1N2. The molecule has 0 aliphatic carbocycles. The summed E-state index contributed by atoms with van der Waals surface area (Å²) >= 11 is 3.39. The summed E-state index contributed by atoms with van der Waals surface area (Å²) in [6.45, 7) is 1.69. The van der Waals surface area contributed by atoms with Crippen LogP contribution < -0.4 is 10.1 Å². The molecule has 0 spiro atoms. The van der Waals surface area contributed by atoms with Gasteiger partial charge in [-0.2, -0.15) is 0 Å². The van der Waals surface area contributed by atoms with Crippen molar-refractivity contribution in [2.24, 2.45) is 0 Å². The molecule has 2 unspecified atom stereocenters. The zero-order chi connectivity index (χ0) is 32.7. The number of likely N-dealkylation sites (N-methyl/N-ethyl adjacent to an activating group) is 1. The summed E-state index contributed by atoms with van der Waals surface area (Å²) in [5.74, 6) is -1.02. The average molecular weight is 693 g/mol. The Morgan fingerprint density at radius 2 is 1.78 bits per heavy atom. The molecule has 2 bridgehead atoms. The van der Waals surface area contributed by atoms with Crippen LogP contribution in [0.1, 0.15) is 42.4 Å². The summed E-state index contributed by atoms with van der Waals surface area (Å²) in [6, 6.07) is 22.1. The number of benzene rings is 3. The van der Waals surface area contributed by atoms with Crippen LogP contribution in [0.3, 0.4) is 0 Å². The van der Waals surface area contributed by atoms with Gasteiger partial charge in [0.15, 0.2) is 0 Å². The van der Waals surface area contributed by atoms with Crippen LogP contribution in [0, 0.1) is 5.82 Å². The van der Waals surface area contributed by atoms with Gasteiger partial charge in [-0.3, -0.25) is 19.7 Å². The molecule has 1 saturated heterocycles. The third kappa shape index (κ3) is 8.22. The third-order valence-corrected chi connectivity index (χ3v) is 9.37. The maximum absolute atomic E-state index is 13.7. The van der Waals surface area contributed by atoms with Crippen molar-refractivity contribution in [2.75, 3.05) is 33.3 Å². The minimum Gasteiger partial charge on any atom is -0.492 e. The van der Waals surface area contributed by atoms with Crippen LogP contribution in [-0.4, -0.2) is 72.0 Å². The van der Waals surface area contributed by atoms with E-state index in [1.807, 2.05) is 60.7 Å². The highest BCUT2D eigenvalue weighted by Crippen LogP contribution is 2.37. The van der Waals surface area contributed by atoms with Crippen molar-refractivity contribution in [3.63, 3.8) is 0 Å². The van der Waals surface area contributed by atoms with E-state index in [0.29, 0.717) is 54.9 Å². The molecule has 3 aromatic carbocycles. The molecule has 2 aliphatic heterocycles. The van der Waals surface area contributed by atoms with E-state index >= 15 is 0 Å². The van der Waals surface area contributed by atoms with Crippen LogP contribution in [0.4, 0.5) is 4.39 Å². The number of hydrogen-bond acceptors (Lipinski definition) is 5. The fraction of sp³-hybridized carbons (Fsp3) is 0.361. The van der Waals surface area contributed by atoms with Gasteiger partial charge in [-0.05, 0) is 64.0 Å². The summed E-state index contributed by atoms with van der Waals surface area (Å²) in [5, 5.41) is 12.8. The highest BCUT2D eigenvalue weighted by Gasteiger charge is 2.46. The molecule has 3 aromatic rings. The van der Waals surface area contributed by atoms with E-state index in [2.05, 4.69) is 21.2 Å². The van der Waals surface area contributed by atoms with Crippen molar-refractivity contribution in [3.05, 3.63) is 111 Å². The molecule has 5 rings (SSSR count). The summed E-state index contributed by atoms with van der Waals surface area (Å²) < 4.78 is 20.1. The molecule has 0 aromatic heterocycles. The number of carbonyl (C=O) groups is 3. The Balaban J connectivity index is 1.30. The van der Waals surface area contributed by atoms with Gasteiger partial charge in [0.05, 0.1) is 22.7 Å². The Labute approximate surface area is 277 Å². The zero-order valence-corrected chi connectivity index (χ0v) is 27.5. The number of piperazine rings is 1. The van der Waals surface area contributed by atoms with Crippen LogP contribution in [-0.2, 0) is 32.8 Å². The zero-order valence-electron chi connectivity index (χ0n) is 25.9. The molecule has 46 heavy (non-hydrogen) atoms. The van der Waals surface area contributed by atoms with Crippen LogP contribution in [0.15, 0.2) is 88.9 Å². The number of ether oxygens (including phenoxy) is 1. The topological polar surface area (TPSA) is 99.2 Å². The van der Waals surface area contributed by atoms with Crippen molar-refractivity contribution in [2.45, 2.75) is 50.1 Å². The quantitative estimate of drug-likeness (QED) is 0.246. The van der Waals surface area contributed by atoms with E-state index in [4.69, 9.17) is 9.84 Å². The molecule has 0 saturated carbocycles. The first-order valence-electron chi connectivity index (χ1n) is 15.6. The number of carbonyl (C=O) groups excluding carboxylic acids is 2. The van der Waals surface area contributed by atoms with Gasteiger partial charge in [0, 0.05) is 57.6 Å². The molecule has 1 fully saturated rings. The van der Waals surface area contributed by atoms with E-state index in [9.17, 15) is 18.8 Å². The van der Waals surface area contributed by atoms with Gasteiger partial charge in [-0.15, -0.1) is 0 Å². The number of rotatable bonds is 13. The van der Waals surface area contributed by atoms with Crippen molar-refractivity contribution >= 4 is 33.7 Å². The van der Waals surface area contributed by atoms with Crippen LogP contribution in [0.5, 0.6) is 5.75 Å². The summed E-state index contributed by atoms with van der Waals surface area (Å²) in [4.78, 5) is 41.6. The minimum atomic E-state index is -0.926. The van der Waals surface area contributed by atoms with E-state index in [0.717, 1.165) is 23.1 Å². The predicted molar refractivity (Wildman–Crippen MR) is 177 cm³/mol. The largest absolute Gasteiger partial charge is 0.492 e. The van der Waals surface area contributed by atoms with E-state index in [-0.39, 0.29) is 42.9 Å². The maximum atomic E-state index is 13.7. The van der Waals surface area contributed by atoms with Gasteiger partial charge in [-0.25, -0.2) is 4.39 Å². The van der Waals surface area contributed by atoms with Crippen LogP contribution in [0.25, 0.3) is 0 Å². The number of amides is 2. The summed E-state index contributed by atoms with van der Waals surface area (Å²) in [7, 11) is 1.81. The maximum Gasteiger partial charge on any atom is 0.303 e. The predicted octanol–water partition coefficient (Wildman–Crippen LogP) is 5.49. The molecule has 0 radical (unpaired) electrons. The number of nitrogens with one attached hydrogen (secondary N) is 1. The molecule has 8 nitrogen and oxygen atoms in total. The highest BCUT2D eigenvalue weighted by atomic mass is 79.9. The second-order valence-corrected chi connectivity index (χ2v) is 12.9. The van der Waals surface area contributed by atoms with Crippen molar-refractivity contribution in [1.29, 1.82) is 0 Å². The second kappa shape index (κ2) is 15.0. The summed E-state index contributed by atoms with van der Waals surface area (Å²) in [5.41, 5.74) is 3.25. The van der Waals surface area contributed by atoms with Crippen molar-refractivity contribution < 1.29 is 28.6 Å². The molecule has 2 atom stereocenters. The van der Waals surface area contributed by atoms with Crippen molar-refractivity contribution in [3.8, 4) is 5.75 Å². The lowest BCUT2D eigenvalue weighted by atomic mass is 9.77. The Hall–Kier alpha value is -4.02. The minimum absolute atomic E-state index is 0.0659. The van der Waals surface area contributed by atoms with E-state index in [1.54, 1.807) is 22.9 Å². The van der Waals surface area contributed by atoms with Gasteiger partial charge in [0.25, 0.3) is 5.91 Å². The lowest BCUT2D eigenvalue weighted by Gasteiger charge is -2.51. The normalized spacial score (nSPS) is 18.9. The number of nitrogens with zero attached hydrogens (tertiary/aromatic N) is 2. The fourth-order valence-corrected chi connectivity index (χ4v) is 6.51. The monoisotopic (exact) mass is 691 g/mol. The molecule has 242 valence electrons. The van der Waals surface area contributed by atoms with Crippen LogP contribution in [0.2, 0.25) is 0 Å². The van der Waals surface area contributed by atoms with Gasteiger partial charge >= 0.3 is 5.97 Å². The number of carboxylic acid groups (broad SMARTS) is 1. The Morgan fingerprint density at radius 1 is 1.04 bits per heavy atom. The van der Waals surface area contributed by atoms with Gasteiger partial charge < -0.3 is 19.6 Å². The third-order valence-electron chi connectivity index (χ3n) is 8.71. The fourth-order valence-electron chi connectivity index (χ4n) is 6.15. The number of fused-ring (bicyclic) bond motifs is 2. The van der Waals surface area contributed by atoms with Crippen molar-refractivity contribution in [1.82, 2.24) is 15.1 Å². The number of aliphatic carboxylic acids is 1. The molecule has 2 N–H and O–H groups in total. The van der Waals surface area contributed by atoms with Gasteiger partial charge in [0.2, 0.25) is 5.91 Å².